The third-order valence-electron chi connectivity index (χ3n) is 3.71. The van der Waals surface area contributed by atoms with Crippen LogP contribution in [0.1, 0.15) is 17.3 Å². The van der Waals surface area contributed by atoms with Crippen molar-refractivity contribution in [2.24, 2.45) is 0 Å². The summed E-state index contributed by atoms with van der Waals surface area (Å²) >= 11 is 0. The summed E-state index contributed by atoms with van der Waals surface area (Å²) in [6.07, 6.45) is 2.06. The van der Waals surface area contributed by atoms with Crippen molar-refractivity contribution in [3.05, 3.63) is 60.4 Å². The molecule has 0 aliphatic rings. The fraction of sp³-hybridized carbons (Fsp3) is 0.158. The van der Waals surface area contributed by atoms with Crippen LogP contribution in [0.15, 0.2) is 54.9 Å². The van der Waals surface area contributed by atoms with Crippen molar-refractivity contribution in [3.8, 4) is 5.75 Å². The van der Waals surface area contributed by atoms with Crippen molar-refractivity contribution < 1.29 is 19.1 Å². The van der Waals surface area contributed by atoms with E-state index in [1.54, 1.807) is 55.8 Å². The lowest BCUT2D eigenvalue weighted by Crippen LogP contribution is -2.30. The topological polar surface area (TPSA) is 90.4 Å². The third kappa shape index (κ3) is 3.77. The van der Waals surface area contributed by atoms with Crippen LogP contribution in [-0.2, 0) is 9.53 Å². The van der Waals surface area contributed by atoms with E-state index in [9.17, 15) is 9.59 Å². The van der Waals surface area contributed by atoms with Crippen LogP contribution >= 0.6 is 0 Å². The number of anilines is 1. The van der Waals surface area contributed by atoms with Gasteiger partial charge in [-0.05, 0) is 31.2 Å². The molecule has 7 heteroatoms. The van der Waals surface area contributed by atoms with Gasteiger partial charge in [0.15, 0.2) is 6.10 Å². The predicted molar refractivity (Wildman–Crippen MR) is 96.0 cm³/mol. The van der Waals surface area contributed by atoms with Crippen LogP contribution in [0.3, 0.4) is 0 Å². The predicted octanol–water partition coefficient (Wildman–Crippen LogP) is 2.82. The number of nitrogens with zero attached hydrogens (tertiary/aromatic N) is 2. The molecule has 0 saturated carbocycles. The molecule has 0 aliphatic carbocycles. The highest BCUT2D eigenvalue weighted by molar-refractivity contribution is 6.03. The zero-order chi connectivity index (χ0) is 18.5. The Morgan fingerprint density at radius 1 is 1.08 bits per heavy atom. The van der Waals surface area contributed by atoms with Gasteiger partial charge in [0.1, 0.15) is 11.3 Å². The fourth-order valence-electron chi connectivity index (χ4n) is 2.38. The zero-order valence-electron chi connectivity index (χ0n) is 14.3. The standard InChI is InChI=1S/C19H17N3O4/c1-12(18(23)22-13-5-3-6-14(11-13)25-2)26-19(24)15-7-4-8-16-17(15)21-10-9-20-16/h3-12H,1-2H3,(H,22,23). The fourth-order valence-corrected chi connectivity index (χ4v) is 2.38. The van der Waals surface area contributed by atoms with Crippen molar-refractivity contribution in [2.45, 2.75) is 13.0 Å². The molecule has 1 aromatic heterocycles. The van der Waals surface area contributed by atoms with E-state index in [1.807, 2.05) is 0 Å². The van der Waals surface area contributed by atoms with E-state index in [0.29, 0.717) is 22.5 Å². The monoisotopic (exact) mass is 351 g/mol. The first-order chi connectivity index (χ1) is 12.6. The van der Waals surface area contributed by atoms with Crippen LogP contribution in [0.4, 0.5) is 5.69 Å². The molecule has 0 saturated heterocycles. The minimum Gasteiger partial charge on any atom is -0.497 e. The second-order valence-corrected chi connectivity index (χ2v) is 5.50. The molecule has 132 valence electrons. The van der Waals surface area contributed by atoms with E-state index in [1.165, 1.54) is 13.1 Å². The second-order valence-electron chi connectivity index (χ2n) is 5.50. The van der Waals surface area contributed by atoms with Crippen molar-refractivity contribution in [1.82, 2.24) is 9.97 Å². The first-order valence-electron chi connectivity index (χ1n) is 7.94. The van der Waals surface area contributed by atoms with E-state index >= 15 is 0 Å². The molecular formula is C19H17N3O4. The Balaban J connectivity index is 1.71. The molecule has 0 aliphatic heterocycles. The van der Waals surface area contributed by atoms with Gasteiger partial charge in [-0.1, -0.05) is 12.1 Å². The Hall–Kier alpha value is -3.48. The first kappa shape index (κ1) is 17.3. The lowest BCUT2D eigenvalue weighted by Gasteiger charge is -2.14. The van der Waals surface area contributed by atoms with Crippen molar-refractivity contribution in [1.29, 1.82) is 0 Å². The third-order valence-corrected chi connectivity index (χ3v) is 3.71. The second kappa shape index (κ2) is 7.60. The average Bonchev–Trinajstić information content (AvgIpc) is 2.67. The van der Waals surface area contributed by atoms with Crippen LogP contribution in [-0.4, -0.2) is 35.1 Å². The summed E-state index contributed by atoms with van der Waals surface area (Å²) in [5.41, 5.74) is 1.82. The summed E-state index contributed by atoms with van der Waals surface area (Å²) in [7, 11) is 1.54. The van der Waals surface area contributed by atoms with E-state index in [0.717, 1.165) is 0 Å². The lowest BCUT2D eigenvalue weighted by atomic mass is 10.2. The summed E-state index contributed by atoms with van der Waals surface area (Å²) in [5, 5.41) is 2.69. The maximum Gasteiger partial charge on any atom is 0.341 e. The Morgan fingerprint density at radius 3 is 2.65 bits per heavy atom. The van der Waals surface area contributed by atoms with Gasteiger partial charge in [0.05, 0.1) is 18.2 Å². The molecule has 7 nitrogen and oxygen atoms in total. The number of rotatable bonds is 5. The van der Waals surface area contributed by atoms with Crippen LogP contribution in [0.2, 0.25) is 0 Å². The maximum absolute atomic E-state index is 12.4. The zero-order valence-corrected chi connectivity index (χ0v) is 14.3. The minimum atomic E-state index is -0.986. The number of hydrogen-bond acceptors (Lipinski definition) is 6. The van der Waals surface area contributed by atoms with E-state index in [4.69, 9.17) is 9.47 Å². The number of carbonyl (C=O) groups excluding carboxylic acids is 2. The molecule has 0 fully saturated rings. The number of carbonyl (C=O) groups is 2. The smallest absolute Gasteiger partial charge is 0.341 e. The van der Waals surface area contributed by atoms with Crippen LogP contribution < -0.4 is 10.1 Å². The van der Waals surface area contributed by atoms with Crippen molar-refractivity contribution in [2.75, 3.05) is 12.4 Å². The average molecular weight is 351 g/mol. The molecule has 0 bridgehead atoms. The molecule has 3 aromatic rings. The Labute approximate surface area is 150 Å². The molecule has 1 amide bonds. The molecule has 1 unspecified atom stereocenters. The summed E-state index contributed by atoms with van der Waals surface area (Å²) < 4.78 is 10.4. The number of para-hydroxylation sites is 1. The van der Waals surface area contributed by atoms with Gasteiger partial charge in [-0.3, -0.25) is 14.8 Å². The summed E-state index contributed by atoms with van der Waals surface area (Å²) in [6, 6.07) is 11.9. The van der Waals surface area contributed by atoms with Crippen LogP contribution in [0.5, 0.6) is 5.75 Å². The Kier molecular flexibility index (Phi) is 5.07. The molecule has 2 aromatic carbocycles. The SMILES string of the molecule is COc1cccc(NC(=O)C(C)OC(=O)c2cccc3nccnc23)c1. The number of esters is 1. The Bertz CT molecular complexity index is 953. The van der Waals surface area contributed by atoms with Gasteiger partial charge >= 0.3 is 5.97 Å². The number of amides is 1. The molecular weight excluding hydrogens is 334 g/mol. The number of aromatic nitrogens is 2. The van der Waals surface area contributed by atoms with Crippen molar-refractivity contribution >= 4 is 28.6 Å². The number of ether oxygens (including phenoxy) is 2. The highest BCUT2D eigenvalue weighted by atomic mass is 16.5. The van der Waals surface area contributed by atoms with Gasteiger partial charge in [0, 0.05) is 24.1 Å². The van der Waals surface area contributed by atoms with E-state index < -0.39 is 18.0 Å². The number of hydrogen-bond donors (Lipinski definition) is 1. The number of methoxy groups -OCH3 is 1. The highest BCUT2D eigenvalue weighted by Crippen LogP contribution is 2.18. The molecule has 3 rings (SSSR count). The highest BCUT2D eigenvalue weighted by Gasteiger charge is 2.21. The van der Waals surface area contributed by atoms with Gasteiger partial charge in [-0.2, -0.15) is 0 Å². The molecule has 26 heavy (non-hydrogen) atoms. The molecule has 0 spiro atoms. The first-order valence-corrected chi connectivity index (χ1v) is 7.94. The van der Waals surface area contributed by atoms with Gasteiger partial charge in [0.2, 0.25) is 0 Å². The summed E-state index contributed by atoms with van der Waals surface area (Å²) in [4.78, 5) is 33.0. The normalized spacial score (nSPS) is 11.6. The van der Waals surface area contributed by atoms with Gasteiger partial charge in [-0.25, -0.2) is 4.79 Å². The van der Waals surface area contributed by atoms with Gasteiger partial charge in [-0.15, -0.1) is 0 Å². The largest absolute Gasteiger partial charge is 0.497 e. The number of benzene rings is 2. The maximum atomic E-state index is 12.4. The van der Waals surface area contributed by atoms with Crippen LogP contribution in [0.25, 0.3) is 11.0 Å². The number of fused-ring (bicyclic) bond motifs is 1. The summed E-state index contributed by atoms with van der Waals surface area (Å²) in [5.74, 6) is -0.468. The number of nitrogens with one attached hydrogen (secondary N) is 1. The molecule has 0 radical (unpaired) electrons. The van der Waals surface area contributed by atoms with Gasteiger partial charge in [0.25, 0.3) is 5.91 Å². The summed E-state index contributed by atoms with van der Waals surface area (Å²) in [6.45, 7) is 1.50. The van der Waals surface area contributed by atoms with Crippen LogP contribution in [0, 0.1) is 0 Å². The lowest BCUT2D eigenvalue weighted by molar-refractivity contribution is -0.123. The van der Waals surface area contributed by atoms with E-state index in [-0.39, 0.29) is 5.56 Å². The quantitative estimate of drug-likeness (QED) is 0.711. The molecule has 1 N–H and O–H groups in total. The van der Waals surface area contributed by atoms with E-state index in [2.05, 4.69) is 15.3 Å². The molecule has 1 heterocycles. The minimum absolute atomic E-state index is 0.261. The Morgan fingerprint density at radius 2 is 1.85 bits per heavy atom. The van der Waals surface area contributed by atoms with Crippen molar-refractivity contribution in [3.63, 3.8) is 0 Å². The van der Waals surface area contributed by atoms with Gasteiger partial charge < -0.3 is 14.8 Å². The molecule has 1 atom stereocenters.